The van der Waals surface area contributed by atoms with Gasteiger partial charge in [-0.05, 0) is 61.6 Å². The number of carbonyl (C=O) groups is 2. The molecule has 0 saturated heterocycles. The molecule has 0 atom stereocenters. The van der Waals surface area contributed by atoms with E-state index in [1.165, 1.54) is 5.56 Å². The number of amides is 1. The van der Waals surface area contributed by atoms with Crippen LogP contribution in [-0.4, -0.2) is 30.1 Å². The number of aliphatic carboxylic acids is 1. The van der Waals surface area contributed by atoms with Crippen molar-refractivity contribution in [3.8, 4) is 5.75 Å². The van der Waals surface area contributed by atoms with Crippen LogP contribution in [0.25, 0.3) is 0 Å². The van der Waals surface area contributed by atoms with Crippen molar-refractivity contribution < 1.29 is 19.4 Å². The quantitative estimate of drug-likeness (QED) is 0.927. The average Bonchev–Trinajstić information content (AvgIpc) is 2.59. The topological polar surface area (TPSA) is 66.8 Å². The number of ether oxygens (including phenoxy) is 1. The lowest BCUT2D eigenvalue weighted by Crippen LogP contribution is -2.35. The van der Waals surface area contributed by atoms with Gasteiger partial charge < -0.3 is 14.7 Å². The monoisotopic (exact) mass is 339 g/mol. The predicted octanol–water partition coefficient (Wildman–Crippen LogP) is 3.36. The normalized spacial score (nSPS) is 13.3. The molecule has 1 amide bonds. The summed E-state index contributed by atoms with van der Waals surface area (Å²) in [6, 6.07) is 11.5. The van der Waals surface area contributed by atoms with E-state index in [4.69, 9.17) is 9.84 Å². The van der Waals surface area contributed by atoms with Crippen LogP contribution in [0.15, 0.2) is 36.4 Å². The molecule has 5 heteroatoms. The van der Waals surface area contributed by atoms with Gasteiger partial charge in [0.2, 0.25) is 0 Å². The highest BCUT2D eigenvalue weighted by molar-refractivity contribution is 6.07. The van der Waals surface area contributed by atoms with E-state index in [1.54, 1.807) is 12.1 Å². The lowest BCUT2D eigenvalue weighted by atomic mass is 9.99. The Morgan fingerprint density at radius 2 is 1.84 bits per heavy atom. The molecule has 0 fully saturated rings. The Bertz CT molecular complexity index is 805. The van der Waals surface area contributed by atoms with Gasteiger partial charge in [0, 0.05) is 17.8 Å². The Kier molecular flexibility index (Phi) is 4.74. The fourth-order valence-corrected chi connectivity index (χ4v) is 3.34. The van der Waals surface area contributed by atoms with Crippen LogP contribution < -0.4 is 9.64 Å². The third kappa shape index (κ3) is 3.50. The van der Waals surface area contributed by atoms with Gasteiger partial charge >= 0.3 is 5.97 Å². The number of anilines is 1. The number of aryl methyl sites for hydroxylation is 3. The molecule has 0 spiro atoms. The molecule has 1 aliphatic rings. The van der Waals surface area contributed by atoms with Crippen LogP contribution in [0.4, 0.5) is 5.69 Å². The zero-order chi connectivity index (χ0) is 18.0. The first-order valence-corrected chi connectivity index (χ1v) is 8.33. The lowest BCUT2D eigenvalue weighted by Gasteiger charge is -2.29. The maximum Gasteiger partial charge on any atom is 0.341 e. The fraction of sp³-hybridized carbons (Fsp3) is 0.300. The lowest BCUT2D eigenvalue weighted by molar-refractivity contribution is -0.139. The van der Waals surface area contributed by atoms with Gasteiger partial charge in [0.15, 0.2) is 6.61 Å². The molecule has 1 aliphatic heterocycles. The number of nitrogens with zero attached hydrogens (tertiary/aromatic N) is 1. The van der Waals surface area contributed by atoms with E-state index in [0.29, 0.717) is 17.9 Å². The highest BCUT2D eigenvalue weighted by Gasteiger charge is 2.24. The molecular formula is C20H21NO4. The largest absolute Gasteiger partial charge is 0.481 e. The first-order valence-electron chi connectivity index (χ1n) is 8.33. The maximum atomic E-state index is 13.0. The summed E-state index contributed by atoms with van der Waals surface area (Å²) in [7, 11) is 0. The van der Waals surface area contributed by atoms with E-state index in [9.17, 15) is 9.59 Å². The highest BCUT2D eigenvalue weighted by atomic mass is 16.5. The van der Waals surface area contributed by atoms with Crippen molar-refractivity contribution in [1.29, 1.82) is 0 Å². The van der Waals surface area contributed by atoms with Gasteiger partial charge in [-0.3, -0.25) is 4.79 Å². The maximum absolute atomic E-state index is 13.0. The number of rotatable bonds is 4. The summed E-state index contributed by atoms with van der Waals surface area (Å²) in [5.41, 5.74) is 4.27. The molecule has 130 valence electrons. The number of para-hydroxylation sites is 1. The van der Waals surface area contributed by atoms with E-state index >= 15 is 0 Å². The second-order valence-electron chi connectivity index (χ2n) is 6.31. The van der Waals surface area contributed by atoms with Crippen molar-refractivity contribution in [3.05, 3.63) is 58.7 Å². The Morgan fingerprint density at radius 1 is 1.16 bits per heavy atom. The molecule has 2 aromatic rings. The van der Waals surface area contributed by atoms with E-state index in [0.717, 1.165) is 29.7 Å². The number of hydrogen-bond acceptors (Lipinski definition) is 3. The fourth-order valence-electron chi connectivity index (χ4n) is 3.34. The number of hydrogen-bond donors (Lipinski definition) is 1. The van der Waals surface area contributed by atoms with Crippen LogP contribution in [0.1, 0.15) is 33.5 Å². The Hall–Kier alpha value is -2.82. The Balaban J connectivity index is 1.90. The molecule has 0 bridgehead atoms. The van der Waals surface area contributed by atoms with Crippen molar-refractivity contribution in [2.75, 3.05) is 18.1 Å². The van der Waals surface area contributed by atoms with E-state index in [-0.39, 0.29) is 5.91 Å². The third-order valence-corrected chi connectivity index (χ3v) is 4.40. The summed E-state index contributed by atoms with van der Waals surface area (Å²) in [6.07, 6.45) is 1.93. The zero-order valence-corrected chi connectivity index (χ0v) is 14.4. The molecule has 25 heavy (non-hydrogen) atoms. The summed E-state index contributed by atoms with van der Waals surface area (Å²) < 4.78 is 5.34. The summed E-state index contributed by atoms with van der Waals surface area (Å²) >= 11 is 0. The first-order chi connectivity index (χ1) is 12.0. The summed E-state index contributed by atoms with van der Waals surface area (Å²) in [6.45, 7) is 3.95. The smallest absolute Gasteiger partial charge is 0.341 e. The number of carboxylic acid groups (broad SMARTS) is 1. The number of carbonyl (C=O) groups excluding carboxylic acids is 1. The molecule has 0 radical (unpaired) electrons. The minimum absolute atomic E-state index is 0.0388. The Labute approximate surface area is 146 Å². The molecule has 3 rings (SSSR count). The van der Waals surface area contributed by atoms with Gasteiger partial charge in [-0.25, -0.2) is 4.79 Å². The van der Waals surface area contributed by atoms with Gasteiger partial charge in [0.05, 0.1) is 0 Å². The molecule has 1 N–H and O–H groups in total. The van der Waals surface area contributed by atoms with Gasteiger partial charge in [-0.2, -0.15) is 0 Å². The van der Waals surface area contributed by atoms with Gasteiger partial charge in [0.1, 0.15) is 5.75 Å². The van der Waals surface area contributed by atoms with Crippen molar-refractivity contribution in [1.82, 2.24) is 0 Å². The molecule has 0 unspecified atom stereocenters. The van der Waals surface area contributed by atoms with Crippen LogP contribution in [-0.2, 0) is 11.2 Å². The third-order valence-electron chi connectivity index (χ3n) is 4.40. The molecule has 2 aromatic carbocycles. The molecule has 5 nitrogen and oxygen atoms in total. The van der Waals surface area contributed by atoms with Crippen LogP contribution >= 0.6 is 0 Å². The number of benzene rings is 2. The molecular weight excluding hydrogens is 318 g/mol. The SMILES string of the molecule is Cc1cc(C(=O)N2CCCc3ccccc32)cc(C)c1OCC(=O)O. The van der Waals surface area contributed by atoms with Crippen LogP contribution in [0.5, 0.6) is 5.75 Å². The zero-order valence-electron chi connectivity index (χ0n) is 14.4. The van der Waals surface area contributed by atoms with Crippen molar-refractivity contribution in [2.45, 2.75) is 26.7 Å². The number of fused-ring (bicyclic) bond motifs is 1. The number of carboxylic acids is 1. The predicted molar refractivity (Wildman–Crippen MR) is 95.5 cm³/mol. The standard InChI is InChI=1S/C20H21NO4/c1-13-10-16(11-14(2)19(13)25-12-18(22)23)20(24)21-9-5-7-15-6-3-4-8-17(15)21/h3-4,6,8,10-11H,5,7,9,12H2,1-2H3,(H,22,23). The average molecular weight is 339 g/mol. The van der Waals surface area contributed by atoms with Gasteiger partial charge in [-0.1, -0.05) is 18.2 Å². The van der Waals surface area contributed by atoms with E-state index in [1.807, 2.05) is 36.9 Å². The second-order valence-corrected chi connectivity index (χ2v) is 6.31. The van der Waals surface area contributed by atoms with Gasteiger partial charge in [-0.15, -0.1) is 0 Å². The Morgan fingerprint density at radius 3 is 2.52 bits per heavy atom. The highest BCUT2D eigenvalue weighted by Crippen LogP contribution is 2.30. The van der Waals surface area contributed by atoms with E-state index < -0.39 is 12.6 Å². The molecule has 1 heterocycles. The van der Waals surface area contributed by atoms with Crippen molar-refractivity contribution in [3.63, 3.8) is 0 Å². The van der Waals surface area contributed by atoms with Crippen LogP contribution in [0.2, 0.25) is 0 Å². The minimum atomic E-state index is -1.02. The second kappa shape index (κ2) is 6.97. The molecule has 0 aliphatic carbocycles. The van der Waals surface area contributed by atoms with Crippen LogP contribution in [0.3, 0.4) is 0 Å². The summed E-state index contributed by atoms with van der Waals surface area (Å²) in [5, 5.41) is 8.78. The molecule has 0 saturated carbocycles. The van der Waals surface area contributed by atoms with Crippen LogP contribution in [0, 0.1) is 13.8 Å². The minimum Gasteiger partial charge on any atom is -0.481 e. The first kappa shape index (κ1) is 17.0. The summed E-state index contributed by atoms with van der Waals surface area (Å²) in [4.78, 5) is 25.6. The van der Waals surface area contributed by atoms with Gasteiger partial charge in [0.25, 0.3) is 5.91 Å². The van der Waals surface area contributed by atoms with E-state index in [2.05, 4.69) is 6.07 Å². The molecule has 0 aromatic heterocycles. The van der Waals surface area contributed by atoms with Crippen molar-refractivity contribution >= 4 is 17.6 Å². The van der Waals surface area contributed by atoms with Crippen molar-refractivity contribution in [2.24, 2.45) is 0 Å². The summed E-state index contributed by atoms with van der Waals surface area (Å²) in [5.74, 6) is -0.537.